The van der Waals surface area contributed by atoms with E-state index in [0.29, 0.717) is 13.1 Å². The fourth-order valence-electron chi connectivity index (χ4n) is 1.82. The van der Waals surface area contributed by atoms with Crippen molar-refractivity contribution in [3.05, 3.63) is 0 Å². The SMILES string of the molecule is CC(C)C(=O)NCCN(C)C(=O)C1CC(F)(F)CN1. The Morgan fingerprint density at radius 2 is 2.11 bits per heavy atom. The van der Waals surface area contributed by atoms with Crippen molar-refractivity contribution in [3.63, 3.8) is 0 Å². The van der Waals surface area contributed by atoms with Gasteiger partial charge in [-0.15, -0.1) is 0 Å². The topological polar surface area (TPSA) is 61.4 Å². The molecule has 1 rings (SSSR count). The first-order chi connectivity index (χ1) is 8.73. The maximum absolute atomic E-state index is 13.0. The molecule has 1 unspecified atom stereocenters. The summed E-state index contributed by atoms with van der Waals surface area (Å²) < 4.78 is 25.9. The van der Waals surface area contributed by atoms with Gasteiger partial charge in [-0.2, -0.15) is 0 Å². The fourth-order valence-corrected chi connectivity index (χ4v) is 1.82. The lowest BCUT2D eigenvalue weighted by Crippen LogP contribution is -2.44. The van der Waals surface area contributed by atoms with E-state index in [1.165, 1.54) is 4.90 Å². The second kappa shape index (κ2) is 6.27. The van der Waals surface area contributed by atoms with Crippen LogP contribution in [0.1, 0.15) is 20.3 Å². The number of amides is 2. The molecule has 110 valence electrons. The second-order valence-corrected chi connectivity index (χ2v) is 5.20. The van der Waals surface area contributed by atoms with Crippen LogP contribution in [0.15, 0.2) is 0 Å². The molecular weight excluding hydrogens is 256 g/mol. The van der Waals surface area contributed by atoms with Gasteiger partial charge in [-0.3, -0.25) is 14.9 Å². The third kappa shape index (κ3) is 4.74. The number of alkyl halides is 2. The van der Waals surface area contributed by atoms with Crippen LogP contribution in [0.2, 0.25) is 0 Å². The van der Waals surface area contributed by atoms with E-state index in [4.69, 9.17) is 0 Å². The Balaban J connectivity index is 2.32. The average Bonchev–Trinajstić information content (AvgIpc) is 2.68. The van der Waals surface area contributed by atoms with Crippen LogP contribution >= 0.6 is 0 Å². The molecule has 0 aromatic carbocycles. The number of carbonyl (C=O) groups is 2. The van der Waals surface area contributed by atoms with E-state index < -0.39 is 24.9 Å². The van der Waals surface area contributed by atoms with E-state index in [1.807, 2.05) is 0 Å². The quantitative estimate of drug-likeness (QED) is 0.755. The smallest absolute Gasteiger partial charge is 0.262 e. The predicted octanol–water partition coefficient (Wildman–Crippen LogP) is 0.214. The minimum absolute atomic E-state index is 0.0913. The molecule has 1 saturated heterocycles. The van der Waals surface area contributed by atoms with Crippen molar-refractivity contribution < 1.29 is 18.4 Å². The van der Waals surface area contributed by atoms with Crippen molar-refractivity contribution in [1.29, 1.82) is 0 Å². The molecule has 5 nitrogen and oxygen atoms in total. The van der Waals surface area contributed by atoms with Crippen molar-refractivity contribution in [1.82, 2.24) is 15.5 Å². The average molecular weight is 277 g/mol. The summed E-state index contributed by atoms with van der Waals surface area (Å²) in [5.74, 6) is -3.38. The van der Waals surface area contributed by atoms with Crippen molar-refractivity contribution in [3.8, 4) is 0 Å². The monoisotopic (exact) mass is 277 g/mol. The van der Waals surface area contributed by atoms with E-state index in [2.05, 4.69) is 10.6 Å². The van der Waals surface area contributed by atoms with E-state index in [1.54, 1.807) is 20.9 Å². The maximum Gasteiger partial charge on any atom is 0.262 e. The number of nitrogens with zero attached hydrogens (tertiary/aromatic N) is 1. The normalized spacial score (nSPS) is 21.5. The van der Waals surface area contributed by atoms with Crippen molar-refractivity contribution in [2.24, 2.45) is 5.92 Å². The number of halogens is 2. The summed E-state index contributed by atoms with van der Waals surface area (Å²) in [4.78, 5) is 24.5. The molecule has 0 aliphatic carbocycles. The van der Waals surface area contributed by atoms with Crippen LogP contribution in [-0.4, -0.2) is 55.4 Å². The maximum atomic E-state index is 13.0. The number of carbonyl (C=O) groups excluding carboxylic acids is 2. The van der Waals surface area contributed by atoms with Gasteiger partial charge >= 0.3 is 0 Å². The highest BCUT2D eigenvalue weighted by molar-refractivity contribution is 5.82. The second-order valence-electron chi connectivity index (χ2n) is 5.20. The largest absolute Gasteiger partial charge is 0.354 e. The molecule has 1 aliphatic heterocycles. The molecule has 2 N–H and O–H groups in total. The summed E-state index contributed by atoms with van der Waals surface area (Å²) in [5.41, 5.74) is 0. The third-order valence-corrected chi connectivity index (χ3v) is 3.05. The summed E-state index contributed by atoms with van der Waals surface area (Å²) in [7, 11) is 1.54. The Labute approximate surface area is 111 Å². The first-order valence-electron chi connectivity index (χ1n) is 6.37. The minimum atomic E-state index is -2.81. The highest BCUT2D eigenvalue weighted by atomic mass is 19.3. The zero-order valence-corrected chi connectivity index (χ0v) is 11.5. The van der Waals surface area contributed by atoms with E-state index in [-0.39, 0.29) is 17.7 Å². The first-order valence-corrected chi connectivity index (χ1v) is 6.37. The first kappa shape index (κ1) is 15.8. The van der Waals surface area contributed by atoms with Gasteiger partial charge in [0.25, 0.3) is 5.92 Å². The number of hydrogen-bond donors (Lipinski definition) is 2. The summed E-state index contributed by atoms with van der Waals surface area (Å²) in [6, 6.07) is -0.833. The Morgan fingerprint density at radius 1 is 1.47 bits per heavy atom. The van der Waals surface area contributed by atoms with Gasteiger partial charge in [0.1, 0.15) is 0 Å². The molecule has 19 heavy (non-hydrogen) atoms. The van der Waals surface area contributed by atoms with Crippen molar-refractivity contribution in [2.45, 2.75) is 32.2 Å². The predicted molar refractivity (Wildman–Crippen MR) is 66.8 cm³/mol. The standard InChI is InChI=1S/C12H21F2N3O2/c1-8(2)10(18)15-4-5-17(3)11(19)9-6-12(13,14)7-16-9/h8-9,16H,4-7H2,1-3H3,(H,15,18). The molecule has 1 heterocycles. The third-order valence-electron chi connectivity index (χ3n) is 3.05. The van der Waals surface area contributed by atoms with Crippen LogP contribution in [0.4, 0.5) is 8.78 Å². The zero-order chi connectivity index (χ0) is 14.6. The molecule has 0 aromatic rings. The van der Waals surface area contributed by atoms with Gasteiger partial charge in [-0.25, -0.2) is 8.78 Å². The molecule has 7 heteroatoms. The van der Waals surface area contributed by atoms with Gasteiger partial charge in [0, 0.05) is 32.5 Å². The number of hydrogen-bond acceptors (Lipinski definition) is 3. The summed E-state index contributed by atoms with van der Waals surface area (Å²) in [6.45, 7) is 3.72. The lowest BCUT2D eigenvalue weighted by molar-refractivity contribution is -0.133. The fraction of sp³-hybridized carbons (Fsp3) is 0.833. The highest BCUT2D eigenvalue weighted by Crippen LogP contribution is 2.25. The number of likely N-dealkylation sites (N-methyl/N-ethyl adjacent to an activating group) is 1. The van der Waals surface area contributed by atoms with Gasteiger partial charge < -0.3 is 10.2 Å². The zero-order valence-electron chi connectivity index (χ0n) is 11.5. The van der Waals surface area contributed by atoms with E-state index in [9.17, 15) is 18.4 Å². The molecular formula is C12H21F2N3O2. The summed E-state index contributed by atoms with van der Waals surface area (Å²) >= 11 is 0. The van der Waals surface area contributed by atoms with Crippen LogP contribution in [0.5, 0.6) is 0 Å². The molecule has 2 amide bonds. The van der Waals surface area contributed by atoms with Gasteiger partial charge in [0.15, 0.2) is 0 Å². The van der Waals surface area contributed by atoms with E-state index in [0.717, 1.165) is 0 Å². The molecule has 1 aliphatic rings. The molecule has 0 radical (unpaired) electrons. The van der Waals surface area contributed by atoms with Crippen LogP contribution in [0, 0.1) is 5.92 Å². The van der Waals surface area contributed by atoms with Gasteiger partial charge in [0.05, 0.1) is 12.6 Å². The molecule has 1 atom stereocenters. The Bertz CT molecular complexity index is 348. The molecule has 0 spiro atoms. The number of rotatable bonds is 5. The lowest BCUT2D eigenvalue weighted by atomic mass is 10.1. The Kier molecular flexibility index (Phi) is 5.22. The minimum Gasteiger partial charge on any atom is -0.354 e. The van der Waals surface area contributed by atoms with Gasteiger partial charge in [0.2, 0.25) is 11.8 Å². The molecule has 0 aromatic heterocycles. The Morgan fingerprint density at radius 3 is 2.58 bits per heavy atom. The van der Waals surface area contributed by atoms with Crippen LogP contribution < -0.4 is 10.6 Å². The van der Waals surface area contributed by atoms with E-state index >= 15 is 0 Å². The van der Waals surface area contributed by atoms with Crippen LogP contribution in [0.25, 0.3) is 0 Å². The van der Waals surface area contributed by atoms with Crippen LogP contribution in [-0.2, 0) is 9.59 Å². The summed E-state index contributed by atoms with van der Waals surface area (Å²) in [6.07, 6.45) is -0.464. The Hall–Kier alpha value is -1.24. The molecule has 0 saturated carbocycles. The molecule has 0 bridgehead atoms. The van der Waals surface area contributed by atoms with Crippen LogP contribution in [0.3, 0.4) is 0 Å². The van der Waals surface area contributed by atoms with Crippen molar-refractivity contribution >= 4 is 11.8 Å². The molecule has 1 fully saturated rings. The van der Waals surface area contributed by atoms with Gasteiger partial charge in [-0.1, -0.05) is 13.8 Å². The number of nitrogens with one attached hydrogen (secondary N) is 2. The van der Waals surface area contributed by atoms with Gasteiger partial charge in [-0.05, 0) is 0 Å². The van der Waals surface area contributed by atoms with Crippen molar-refractivity contribution in [2.75, 3.05) is 26.7 Å². The lowest BCUT2D eigenvalue weighted by Gasteiger charge is -2.21. The summed E-state index contributed by atoms with van der Waals surface area (Å²) in [5, 5.41) is 5.19. The highest BCUT2D eigenvalue weighted by Gasteiger charge is 2.42.